The molecular formula is C17H25N3O. The monoisotopic (exact) mass is 287 g/mol. The number of aliphatic hydroxyl groups excluding tert-OH is 1. The highest BCUT2D eigenvalue weighted by molar-refractivity contribution is 5.81. The summed E-state index contributed by atoms with van der Waals surface area (Å²) in [6.07, 6.45) is 0.455. The smallest absolute Gasteiger partial charge is 0.133 e. The Labute approximate surface area is 126 Å². The number of nitrogens with one attached hydrogen (secondary N) is 1. The van der Waals surface area contributed by atoms with Gasteiger partial charge in [0.05, 0.1) is 11.6 Å². The third-order valence-electron chi connectivity index (χ3n) is 3.59. The van der Waals surface area contributed by atoms with Crippen LogP contribution >= 0.6 is 0 Å². The van der Waals surface area contributed by atoms with E-state index in [-0.39, 0.29) is 6.10 Å². The molecule has 2 N–H and O–H groups in total. The van der Waals surface area contributed by atoms with Crippen molar-refractivity contribution in [1.29, 1.82) is 0 Å². The molecule has 0 aliphatic carbocycles. The number of para-hydroxylation sites is 1. The average molecular weight is 287 g/mol. The van der Waals surface area contributed by atoms with Gasteiger partial charge in [-0.25, -0.2) is 4.98 Å². The lowest BCUT2D eigenvalue weighted by Gasteiger charge is -2.22. The number of pyridine rings is 1. The molecule has 0 amide bonds. The lowest BCUT2D eigenvalue weighted by Crippen LogP contribution is -2.25. The molecule has 0 fully saturated rings. The van der Waals surface area contributed by atoms with E-state index >= 15 is 0 Å². The first-order valence-electron chi connectivity index (χ1n) is 7.60. The first kappa shape index (κ1) is 15.7. The summed E-state index contributed by atoms with van der Waals surface area (Å²) < 4.78 is 0. The van der Waals surface area contributed by atoms with Gasteiger partial charge >= 0.3 is 0 Å². The summed E-state index contributed by atoms with van der Waals surface area (Å²) in [5.74, 6) is 0.996. The Kier molecular flexibility index (Phi) is 5.53. The largest absolute Gasteiger partial charge is 0.393 e. The van der Waals surface area contributed by atoms with Crippen molar-refractivity contribution in [2.45, 2.75) is 32.9 Å². The average Bonchev–Trinajstić information content (AvgIpc) is 2.49. The molecule has 0 radical (unpaired) electrons. The van der Waals surface area contributed by atoms with E-state index in [2.05, 4.69) is 29.3 Å². The van der Waals surface area contributed by atoms with E-state index in [1.165, 1.54) is 5.56 Å². The highest BCUT2D eigenvalue weighted by atomic mass is 16.3. The van der Waals surface area contributed by atoms with Gasteiger partial charge in [0.15, 0.2) is 0 Å². The van der Waals surface area contributed by atoms with Crippen molar-refractivity contribution in [3.05, 3.63) is 35.9 Å². The van der Waals surface area contributed by atoms with Crippen molar-refractivity contribution in [2.24, 2.45) is 0 Å². The van der Waals surface area contributed by atoms with E-state index in [9.17, 15) is 5.11 Å². The molecule has 21 heavy (non-hydrogen) atoms. The molecule has 0 spiro atoms. The van der Waals surface area contributed by atoms with Crippen LogP contribution in [-0.4, -0.2) is 36.3 Å². The van der Waals surface area contributed by atoms with Crippen LogP contribution in [0.3, 0.4) is 0 Å². The maximum atomic E-state index is 9.47. The van der Waals surface area contributed by atoms with Crippen LogP contribution in [0.5, 0.6) is 0 Å². The summed E-state index contributed by atoms with van der Waals surface area (Å²) in [4.78, 5) is 6.94. The zero-order chi connectivity index (χ0) is 15.2. The highest BCUT2D eigenvalue weighted by Crippen LogP contribution is 2.23. The number of benzene rings is 1. The number of nitrogens with zero attached hydrogens (tertiary/aromatic N) is 2. The lowest BCUT2D eigenvalue weighted by atomic mass is 10.1. The normalized spacial score (nSPS) is 12.6. The number of aromatic nitrogens is 1. The molecule has 1 heterocycles. The predicted octanol–water partition coefficient (Wildman–Crippen LogP) is 2.55. The minimum atomic E-state index is -0.287. The van der Waals surface area contributed by atoms with Crippen LogP contribution in [0.25, 0.3) is 10.9 Å². The van der Waals surface area contributed by atoms with Gasteiger partial charge in [0.25, 0.3) is 0 Å². The zero-order valence-electron chi connectivity index (χ0n) is 13.1. The topological polar surface area (TPSA) is 48.4 Å². The molecule has 114 valence electrons. The Morgan fingerprint density at radius 2 is 2.10 bits per heavy atom. The second-order valence-corrected chi connectivity index (χ2v) is 5.50. The van der Waals surface area contributed by atoms with E-state index in [0.717, 1.165) is 42.8 Å². The Hall–Kier alpha value is -1.65. The van der Waals surface area contributed by atoms with Crippen molar-refractivity contribution in [1.82, 2.24) is 10.3 Å². The molecule has 0 saturated heterocycles. The van der Waals surface area contributed by atoms with Crippen LogP contribution < -0.4 is 10.2 Å². The third kappa shape index (κ3) is 4.16. The number of hydrogen-bond acceptors (Lipinski definition) is 4. The van der Waals surface area contributed by atoms with E-state index in [1.807, 2.05) is 32.2 Å². The van der Waals surface area contributed by atoms with Crippen LogP contribution in [0.2, 0.25) is 0 Å². The molecule has 2 rings (SSSR count). The Morgan fingerprint density at radius 3 is 2.81 bits per heavy atom. The molecule has 0 bridgehead atoms. The Bertz CT molecular complexity index is 583. The minimum Gasteiger partial charge on any atom is -0.393 e. The zero-order valence-corrected chi connectivity index (χ0v) is 13.1. The van der Waals surface area contributed by atoms with Crippen molar-refractivity contribution in [3.63, 3.8) is 0 Å². The summed E-state index contributed by atoms with van der Waals surface area (Å²) in [5.41, 5.74) is 2.21. The van der Waals surface area contributed by atoms with Crippen LogP contribution in [-0.2, 0) is 6.54 Å². The van der Waals surface area contributed by atoms with Crippen molar-refractivity contribution < 1.29 is 5.11 Å². The van der Waals surface area contributed by atoms with Gasteiger partial charge in [0, 0.05) is 31.1 Å². The molecule has 1 unspecified atom stereocenters. The van der Waals surface area contributed by atoms with E-state index in [0.29, 0.717) is 0 Å². The minimum absolute atomic E-state index is 0.287. The van der Waals surface area contributed by atoms with Crippen molar-refractivity contribution >= 4 is 16.7 Å². The van der Waals surface area contributed by atoms with Crippen LogP contribution in [0.1, 0.15) is 25.8 Å². The molecular weight excluding hydrogens is 262 g/mol. The summed E-state index contributed by atoms with van der Waals surface area (Å²) in [6.45, 7) is 6.46. The van der Waals surface area contributed by atoms with Gasteiger partial charge < -0.3 is 15.3 Å². The summed E-state index contributed by atoms with van der Waals surface area (Å²) in [6, 6.07) is 10.4. The van der Waals surface area contributed by atoms with Gasteiger partial charge in [0.1, 0.15) is 5.82 Å². The van der Waals surface area contributed by atoms with Gasteiger partial charge in [-0.15, -0.1) is 0 Å². The van der Waals surface area contributed by atoms with Crippen LogP contribution in [0.15, 0.2) is 30.3 Å². The molecule has 0 aliphatic heterocycles. The van der Waals surface area contributed by atoms with E-state index in [4.69, 9.17) is 4.98 Å². The molecule has 0 aliphatic rings. The van der Waals surface area contributed by atoms with E-state index in [1.54, 1.807) is 0 Å². The van der Waals surface area contributed by atoms with Crippen LogP contribution in [0.4, 0.5) is 5.82 Å². The third-order valence-corrected chi connectivity index (χ3v) is 3.59. The lowest BCUT2D eigenvalue weighted by molar-refractivity contribution is 0.187. The van der Waals surface area contributed by atoms with Crippen molar-refractivity contribution in [3.8, 4) is 0 Å². The molecule has 4 heteroatoms. The Morgan fingerprint density at radius 1 is 1.33 bits per heavy atom. The quantitative estimate of drug-likeness (QED) is 0.821. The van der Waals surface area contributed by atoms with Gasteiger partial charge in [-0.2, -0.15) is 0 Å². The summed E-state index contributed by atoms with van der Waals surface area (Å²) >= 11 is 0. The highest BCUT2D eigenvalue weighted by Gasteiger charge is 2.11. The van der Waals surface area contributed by atoms with Gasteiger partial charge in [-0.05, 0) is 32.0 Å². The fourth-order valence-electron chi connectivity index (χ4n) is 2.36. The Balaban J connectivity index is 2.33. The maximum absolute atomic E-state index is 9.47. The predicted molar refractivity (Wildman–Crippen MR) is 88.7 cm³/mol. The number of rotatable bonds is 7. The summed E-state index contributed by atoms with van der Waals surface area (Å²) in [7, 11) is 2.04. The van der Waals surface area contributed by atoms with Crippen molar-refractivity contribution in [2.75, 3.05) is 25.0 Å². The molecule has 0 saturated carbocycles. The fraction of sp³-hybridized carbons (Fsp3) is 0.471. The molecule has 1 aromatic carbocycles. The van der Waals surface area contributed by atoms with Gasteiger partial charge in [-0.1, -0.05) is 25.1 Å². The van der Waals surface area contributed by atoms with Crippen LogP contribution in [0, 0.1) is 0 Å². The first-order valence-corrected chi connectivity index (χ1v) is 7.60. The standard InChI is InChI=1S/C17H25N3O/c1-4-18-12-15-11-14-7-5-6-8-16(14)19-17(15)20(3)10-9-13(2)21/h5-8,11,13,18,21H,4,9-10,12H2,1-3H3. The molecule has 1 atom stereocenters. The fourth-order valence-corrected chi connectivity index (χ4v) is 2.36. The molecule has 4 nitrogen and oxygen atoms in total. The number of aliphatic hydroxyl groups is 1. The SMILES string of the molecule is CCNCc1cc2ccccc2nc1N(C)CCC(C)O. The number of anilines is 1. The summed E-state index contributed by atoms with van der Waals surface area (Å²) in [5, 5.41) is 14.0. The second kappa shape index (κ2) is 7.38. The maximum Gasteiger partial charge on any atom is 0.133 e. The molecule has 1 aromatic heterocycles. The van der Waals surface area contributed by atoms with E-state index < -0.39 is 0 Å². The molecule has 2 aromatic rings. The second-order valence-electron chi connectivity index (χ2n) is 5.50. The first-order chi connectivity index (χ1) is 10.1. The van der Waals surface area contributed by atoms with Gasteiger partial charge in [0.2, 0.25) is 0 Å². The number of fused-ring (bicyclic) bond motifs is 1. The van der Waals surface area contributed by atoms with Gasteiger partial charge in [-0.3, -0.25) is 0 Å². The number of hydrogen-bond donors (Lipinski definition) is 2.